The number of aryl methyl sites for hydroxylation is 1. The molecule has 2 rings (SSSR count). The lowest BCUT2D eigenvalue weighted by Crippen LogP contribution is -2.37. The van der Waals surface area contributed by atoms with Crippen LogP contribution < -0.4 is 10.2 Å². The Labute approximate surface area is 145 Å². The molecule has 0 unspecified atom stereocenters. The second-order valence-corrected chi connectivity index (χ2v) is 5.91. The van der Waals surface area contributed by atoms with Gasteiger partial charge in [-0.2, -0.15) is 0 Å². The number of amides is 2. The van der Waals surface area contributed by atoms with Gasteiger partial charge < -0.3 is 10.2 Å². The quantitative estimate of drug-likeness (QED) is 0.893. The van der Waals surface area contributed by atoms with Crippen molar-refractivity contribution in [1.29, 1.82) is 0 Å². The summed E-state index contributed by atoms with van der Waals surface area (Å²) < 4.78 is 0. The Balaban J connectivity index is 2.20. The molecule has 0 aliphatic carbocycles. The van der Waals surface area contributed by atoms with Crippen molar-refractivity contribution in [3.8, 4) is 0 Å². The van der Waals surface area contributed by atoms with Crippen molar-refractivity contribution in [2.24, 2.45) is 0 Å². The molecule has 0 saturated heterocycles. The number of benzene rings is 2. The number of carbonyl (C=O) groups excluding carboxylic acids is 2. The highest BCUT2D eigenvalue weighted by atomic mass is 35.5. The van der Waals surface area contributed by atoms with Crippen LogP contribution >= 0.6 is 23.2 Å². The van der Waals surface area contributed by atoms with E-state index in [1.807, 2.05) is 6.92 Å². The predicted octanol–water partition coefficient (Wildman–Crippen LogP) is 4.29. The Kier molecular flexibility index (Phi) is 5.64. The van der Waals surface area contributed by atoms with Gasteiger partial charge in [-0.3, -0.25) is 9.59 Å². The Morgan fingerprint density at radius 2 is 1.83 bits per heavy atom. The fraction of sp³-hybridized carbons (Fsp3) is 0.176. The first-order valence-corrected chi connectivity index (χ1v) is 7.72. The van der Waals surface area contributed by atoms with Gasteiger partial charge in [0.25, 0.3) is 0 Å². The summed E-state index contributed by atoms with van der Waals surface area (Å²) in [7, 11) is 0. The molecule has 0 aliphatic rings. The van der Waals surface area contributed by atoms with Gasteiger partial charge in [0.2, 0.25) is 11.8 Å². The molecule has 2 aromatic carbocycles. The van der Waals surface area contributed by atoms with Crippen molar-refractivity contribution in [2.75, 3.05) is 16.8 Å². The maximum absolute atomic E-state index is 12.3. The Hall–Kier alpha value is -2.04. The van der Waals surface area contributed by atoms with Crippen molar-refractivity contribution >= 4 is 46.4 Å². The van der Waals surface area contributed by atoms with Crippen LogP contribution in [0, 0.1) is 6.92 Å². The van der Waals surface area contributed by atoms with Crippen molar-refractivity contribution in [2.45, 2.75) is 13.8 Å². The van der Waals surface area contributed by atoms with Crippen LogP contribution in [0.25, 0.3) is 0 Å². The Morgan fingerprint density at radius 1 is 1.13 bits per heavy atom. The normalized spacial score (nSPS) is 10.3. The maximum Gasteiger partial charge on any atom is 0.244 e. The molecule has 0 radical (unpaired) electrons. The maximum atomic E-state index is 12.3. The first-order chi connectivity index (χ1) is 10.9. The summed E-state index contributed by atoms with van der Waals surface area (Å²) in [6.45, 7) is 3.14. The molecule has 0 saturated carbocycles. The van der Waals surface area contributed by atoms with E-state index in [-0.39, 0.29) is 18.4 Å². The van der Waals surface area contributed by atoms with E-state index in [9.17, 15) is 9.59 Å². The topological polar surface area (TPSA) is 49.4 Å². The number of nitrogens with one attached hydrogen (secondary N) is 1. The van der Waals surface area contributed by atoms with Gasteiger partial charge in [-0.15, -0.1) is 0 Å². The van der Waals surface area contributed by atoms with Crippen molar-refractivity contribution < 1.29 is 9.59 Å². The van der Waals surface area contributed by atoms with Crippen LogP contribution in [0.4, 0.5) is 11.4 Å². The minimum atomic E-state index is -0.340. The summed E-state index contributed by atoms with van der Waals surface area (Å²) in [6, 6.07) is 12.1. The first kappa shape index (κ1) is 17.3. The average molecular weight is 351 g/mol. The number of halogens is 2. The Bertz CT molecular complexity index is 747. The van der Waals surface area contributed by atoms with E-state index in [4.69, 9.17) is 23.2 Å². The highest BCUT2D eigenvalue weighted by Gasteiger charge is 2.18. The zero-order valence-electron chi connectivity index (χ0n) is 12.8. The molecule has 0 aliphatic heterocycles. The lowest BCUT2D eigenvalue weighted by atomic mass is 10.1. The van der Waals surface area contributed by atoms with Crippen molar-refractivity contribution in [1.82, 2.24) is 0 Å². The molecule has 0 fully saturated rings. The smallest absolute Gasteiger partial charge is 0.244 e. The molecule has 0 spiro atoms. The number of hydrogen-bond donors (Lipinski definition) is 1. The number of rotatable bonds is 4. The van der Waals surface area contributed by atoms with Crippen LogP contribution in [0.15, 0.2) is 42.5 Å². The van der Waals surface area contributed by atoms with Gasteiger partial charge in [0.15, 0.2) is 0 Å². The SMILES string of the molecule is CC(=O)N(CC(=O)Nc1ccccc1Cl)c1cc(Cl)ccc1C. The van der Waals surface area contributed by atoms with Gasteiger partial charge in [0.05, 0.1) is 10.7 Å². The predicted molar refractivity (Wildman–Crippen MR) is 94.3 cm³/mol. The van der Waals surface area contributed by atoms with E-state index in [2.05, 4.69) is 5.32 Å². The minimum absolute atomic E-state index is 0.123. The fourth-order valence-corrected chi connectivity index (χ4v) is 2.48. The molecule has 23 heavy (non-hydrogen) atoms. The molecule has 120 valence electrons. The molecule has 0 heterocycles. The molecule has 0 aromatic heterocycles. The van der Waals surface area contributed by atoms with Crippen LogP contribution in [0.1, 0.15) is 12.5 Å². The number of anilines is 2. The summed E-state index contributed by atoms with van der Waals surface area (Å²) in [5.41, 5.74) is 1.97. The van der Waals surface area contributed by atoms with Gasteiger partial charge in [-0.1, -0.05) is 41.4 Å². The highest BCUT2D eigenvalue weighted by molar-refractivity contribution is 6.33. The monoisotopic (exact) mass is 350 g/mol. The fourth-order valence-electron chi connectivity index (χ4n) is 2.14. The molecular weight excluding hydrogens is 335 g/mol. The van der Waals surface area contributed by atoms with Gasteiger partial charge >= 0.3 is 0 Å². The molecule has 2 aromatic rings. The lowest BCUT2D eigenvalue weighted by molar-refractivity contribution is -0.120. The van der Waals surface area contributed by atoms with E-state index < -0.39 is 0 Å². The molecule has 0 bridgehead atoms. The number of nitrogens with zero attached hydrogens (tertiary/aromatic N) is 1. The molecule has 1 N–H and O–H groups in total. The summed E-state index contributed by atoms with van der Waals surface area (Å²) in [6.07, 6.45) is 0. The van der Waals surface area contributed by atoms with Crippen LogP contribution in [0.5, 0.6) is 0 Å². The standard InChI is InChI=1S/C17H16Cl2N2O2/c1-11-7-8-13(18)9-16(11)21(12(2)22)10-17(23)20-15-6-4-3-5-14(15)19/h3-9H,10H2,1-2H3,(H,20,23). The third kappa shape index (κ3) is 4.47. The van der Waals surface area contributed by atoms with E-state index in [1.54, 1.807) is 42.5 Å². The van der Waals surface area contributed by atoms with Crippen molar-refractivity contribution in [3.63, 3.8) is 0 Å². The van der Waals surface area contributed by atoms with Gasteiger partial charge in [0, 0.05) is 17.6 Å². The summed E-state index contributed by atoms with van der Waals surface area (Å²) in [4.78, 5) is 25.6. The third-order valence-electron chi connectivity index (χ3n) is 3.29. The van der Waals surface area contributed by atoms with Gasteiger partial charge in [-0.25, -0.2) is 0 Å². The lowest BCUT2D eigenvalue weighted by Gasteiger charge is -2.23. The highest BCUT2D eigenvalue weighted by Crippen LogP contribution is 2.25. The zero-order chi connectivity index (χ0) is 17.0. The summed E-state index contributed by atoms with van der Waals surface area (Å²) in [5, 5.41) is 3.64. The minimum Gasteiger partial charge on any atom is -0.323 e. The van der Waals surface area contributed by atoms with Crippen molar-refractivity contribution in [3.05, 3.63) is 58.1 Å². The van der Waals surface area contributed by atoms with E-state index >= 15 is 0 Å². The van der Waals surface area contributed by atoms with Crippen LogP contribution in [0.2, 0.25) is 10.0 Å². The second-order valence-electron chi connectivity index (χ2n) is 5.06. The second kappa shape index (κ2) is 7.49. The zero-order valence-corrected chi connectivity index (χ0v) is 14.3. The van der Waals surface area contributed by atoms with Crippen LogP contribution in [-0.2, 0) is 9.59 Å². The molecule has 6 heteroatoms. The molecular formula is C17H16Cl2N2O2. The van der Waals surface area contributed by atoms with Crippen LogP contribution in [0.3, 0.4) is 0 Å². The van der Waals surface area contributed by atoms with E-state index in [0.717, 1.165) is 5.56 Å². The number of para-hydroxylation sites is 1. The first-order valence-electron chi connectivity index (χ1n) is 6.97. The molecule has 4 nitrogen and oxygen atoms in total. The average Bonchev–Trinajstić information content (AvgIpc) is 2.49. The van der Waals surface area contributed by atoms with Gasteiger partial charge in [0.1, 0.15) is 6.54 Å². The number of hydrogen-bond acceptors (Lipinski definition) is 2. The largest absolute Gasteiger partial charge is 0.323 e. The van der Waals surface area contributed by atoms with Crippen LogP contribution in [-0.4, -0.2) is 18.4 Å². The van der Waals surface area contributed by atoms with Gasteiger partial charge in [-0.05, 0) is 36.8 Å². The summed E-state index contributed by atoms with van der Waals surface area (Å²) >= 11 is 12.0. The summed E-state index contributed by atoms with van der Waals surface area (Å²) in [5.74, 6) is -0.586. The van der Waals surface area contributed by atoms with E-state index in [0.29, 0.717) is 21.4 Å². The molecule has 2 amide bonds. The Morgan fingerprint density at radius 3 is 2.48 bits per heavy atom. The molecule has 0 atom stereocenters. The third-order valence-corrected chi connectivity index (χ3v) is 3.86. The number of carbonyl (C=O) groups is 2. The van der Waals surface area contributed by atoms with E-state index in [1.165, 1.54) is 11.8 Å².